The number of ether oxygens (including phenoxy) is 1. The summed E-state index contributed by atoms with van der Waals surface area (Å²) in [5, 5.41) is 0. The summed E-state index contributed by atoms with van der Waals surface area (Å²) in [5.74, 6) is 0.707. The van der Waals surface area contributed by atoms with Crippen LogP contribution in [0.4, 0.5) is 5.69 Å². The Balaban J connectivity index is 2.13. The normalized spacial score (nSPS) is 10.2. The molecule has 0 radical (unpaired) electrons. The smallest absolute Gasteiger partial charge is 0.253 e. The zero-order valence-corrected chi connectivity index (χ0v) is 13.6. The first-order chi connectivity index (χ1) is 10.0. The van der Waals surface area contributed by atoms with Crippen LogP contribution in [0.2, 0.25) is 0 Å². The number of hydrogen-bond acceptors (Lipinski definition) is 3. The van der Waals surface area contributed by atoms with Gasteiger partial charge in [-0.3, -0.25) is 4.79 Å². The summed E-state index contributed by atoms with van der Waals surface area (Å²) in [6.45, 7) is 0.506. The van der Waals surface area contributed by atoms with E-state index >= 15 is 0 Å². The minimum atomic E-state index is -0.0722. The molecular formula is C16H17BrN2O2. The Morgan fingerprint density at radius 2 is 2.05 bits per heavy atom. The van der Waals surface area contributed by atoms with Gasteiger partial charge in [-0.25, -0.2) is 0 Å². The molecule has 2 aromatic rings. The van der Waals surface area contributed by atoms with Crippen LogP contribution in [-0.2, 0) is 6.54 Å². The fourth-order valence-electron chi connectivity index (χ4n) is 2.01. The zero-order chi connectivity index (χ0) is 15.4. The lowest BCUT2D eigenvalue weighted by Crippen LogP contribution is -2.26. The molecule has 4 nitrogen and oxygen atoms in total. The van der Waals surface area contributed by atoms with Gasteiger partial charge >= 0.3 is 0 Å². The average molecular weight is 349 g/mol. The Hall–Kier alpha value is -2.01. The van der Waals surface area contributed by atoms with E-state index in [2.05, 4.69) is 15.9 Å². The van der Waals surface area contributed by atoms with Gasteiger partial charge in [0.05, 0.1) is 7.11 Å². The molecule has 0 aliphatic carbocycles. The van der Waals surface area contributed by atoms with E-state index in [0.29, 0.717) is 17.8 Å². The van der Waals surface area contributed by atoms with E-state index in [1.165, 1.54) is 0 Å². The number of nitrogens with two attached hydrogens (primary N) is 1. The molecule has 2 aromatic carbocycles. The number of carbonyl (C=O) groups is 1. The van der Waals surface area contributed by atoms with Gasteiger partial charge in [0, 0.05) is 29.3 Å². The van der Waals surface area contributed by atoms with E-state index in [0.717, 1.165) is 15.8 Å². The number of halogens is 1. The van der Waals surface area contributed by atoms with Crippen LogP contribution in [0, 0.1) is 0 Å². The molecule has 0 bridgehead atoms. The highest BCUT2D eigenvalue weighted by Gasteiger charge is 2.13. The van der Waals surface area contributed by atoms with E-state index in [1.807, 2.05) is 24.3 Å². The monoisotopic (exact) mass is 348 g/mol. The summed E-state index contributed by atoms with van der Waals surface area (Å²) in [7, 11) is 3.39. The molecule has 1 amide bonds. The lowest BCUT2D eigenvalue weighted by atomic mass is 10.1. The summed E-state index contributed by atoms with van der Waals surface area (Å²) >= 11 is 3.32. The van der Waals surface area contributed by atoms with Gasteiger partial charge in [-0.2, -0.15) is 0 Å². The van der Waals surface area contributed by atoms with Crippen molar-refractivity contribution in [2.75, 3.05) is 19.9 Å². The van der Waals surface area contributed by atoms with Crippen LogP contribution in [0.1, 0.15) is 15.9 Å². The molecule has 0 unspecified atom stereocenters. The first kappa shape index (κ1) is 15.4. The van der Waals surface area contributed by atoms with Crippen molar-refractivity contribution < 1.29 is 9.53 Å². The van der Waals surface area contributed by atoms with E-state index in [4.69, 9.17) is 10.5 Å². The maximum Gasteiger partial charge on any atom is 0.253 e. The number of benzene rings is 2. The molecule has 0 heterocycles. The SMILES string of the molecule is COc1cccc(CN(C)C(=O)c2ccc(Br)c(N)c2)c1. The van der Waals surface area contributed by atoms with Gasteiger partial charge in [0.25, 0.3) is 5.91 Å². The van der Waals surface area contributed by atoms with Crippen molar-refractivity contribution in [3.8, 4) is 5.75 Å². The molecule has 21 heavy (non-hydrogen) atoms. The fraction of sp³-hybridized carbons (Fsp3) is 0.188. The highest BCUT2D eigenvalue weighted by Crippen LogP contribution is 2.21. The first-order valence-corrected chi connectivity index (χ1v) is 7.24. The van der Waals surface area contributed by atoms with Crippen molar-refractivity contribution in [3.05, 3.63) is 58.1 Å². The van der Waals surface area contributed by atoms with Crippen molar-refractivity contribution in [2.24, 2.45) is 0 Å². The van der Waals surface area contributed by atoms with Gasteiger partial charge in [-0.05, 0) is 51.8 Å². The lowest BCUT2D eigenvalue weighted by Gasteiger charge is -2.18. The summed E-state index contributed by atoms with van der Waals surface area (Å²) in [5.41, 5.74) is 7.95. The predicted molar refractivity (Wildman–Crippen MR) is 87.3 cm³/mol. The number of anilines is 1. The van der Waals surface area contributed by atoms with Crippen molar-refractivity contribution in [1.29, 1.82) is 0 Å². The number of rotatable bonds is 4. The van der Waals surface area contributed by atoms with Gasteiger partial charge in [-0.15, -0.1) is 0 Å². The molecule has 2 rings (SSSR count). The number of hydrogen-bond donors (Lipinski definition) is 1. The topological polar surface area (TPSA) is 55.6 Å². The van der Waals surface area contributed by atoms with Crippen molar-refractivity contribution in [2.45, 2.75) is 6.54 Å². The van der Waals surface area contributed by atoms with Crippen LogP contribution in [-0.4, -0.2) is 25.0 Å². The van der Waals surface area contributed by atoms with Gasteiger partial charge in [0.2, 0.25) is 0 Å². The minimum Gasteiger partial charge on any atom is -0.497 e. The average Bonchev–Trinajstić information content (AvgIpc) is 2.49. The molecular weight excluding hydrogens is 332 g/mol. The molecule has 0 saturated carbocycles. The number of methoxy groups -OCH3 is 1. The van der Waals surface area contributed by atoms with Crippen molar-refractivity contribution in [3.63, 3.8) is 0 Å². The second kappa shape index (κ2) is 6.63. The van der Waals surface area contributed by atoms with E-state index in [1.54, 1.807) is 37.3 Å². The standard InChI is InChI=1S/C16H17BrN2O2/c1-19(10-11-4-3-5-13(8-11)21-2)16(20)12-6-7-14(17)15(18)9-12/h3-9H,10,18H2,1-2H3. The van der Waals surface area contributed by atoms with Gasteiger partial charge < -0.3 is 15.4 Å². The summed E-state index contributed by atoms with van der Waals surface area (Å²) in [6, 6.07) is 12.9. The maximum absolute atomic E-state index is 12.4. The second-order valence-electron chi connectivity index (χ2n) is 4.75. The highest BCUT2D eigenvalue weighted by atomic mass is 79.9. The third kappa shape index (κ3) is 3.76. The third-order valence-corrected chi connectivity index (χ3v) is 3.87. The van der Waals surface area contributed by atoms with Gasteiger partial charge in [-0.1, -0.05) is 12.1 Å². The molecule has 0 aliphatic heterocycles. The van der Waals surface area contributed by atoms with Crippen LogP contribution in [0.15, 0.2) is 46.9 Å². The van der Waals surface area contributed by atoms with Crippen LogP contribution in [0.3, 0.4) is 0 Å². The van der Waals surface area contributed by atoms with Crippen molar-refractivity contribution in [1.82, 2.24) is 4.90 Å². The van der Waals surface area contributed by atoms with Crippen LogP contribution in [0.5, 0.6) is 5.75 Å². The fourth-order valence-corrected chi connectivity index (χ4v) is 2.26. The van der Waals surface area contributed by atoms with Gasteiger partial charge in [0.15, 0.2) is 0 Å². The Morgan fingerprint density at radius 1 is 1.29 bits per heavy atom. The predicted octanol–water partition coefficient (Wildman–Crippen LogP) is 3.31. The second-order valence-corrected chi connectivity index (χ2v) is 5.60. The van der Waals surface area contributed by atoms with Crippen LogP contribution in [0.25, 0.3) is 0 Å². The molecule has 5 heteroatoms. The quantitative estimate of drug-likeness (QED) is 0.862. The molecule has 0 atom stereocenters. The molecule has 110 valence electrons. The summed E-state index contributed by atoms with van der Waals surface area (Å²) < 4.78 is 5.97. The molecule has 0 saturated heterocycles. The van der Waals surface area contributed by atoms with Crippen LogP contribution < -0.4 is 10.5 Å². The highest BCUT2D eigenvalue weighted by molar-refractivity contribution is 9.10. The van der Waals surface area contributed by atoms with Crippen LogP contribution >= 0.6 is 15.9 Å². The number of carbonyl (C=O) groups excluding carboxylic acids is 1. The molecule has 0 fully saturated rings. The maximum atomic E-state index is 12.4. The summed E-state index contributed by atoms with van der Waals surface area (Å²) in [6.07, 6.45) is 0. The lowest BCUT2D eigenvalue weighted by molar-refractivity contribution is 0.0785. The Kier molecular flexibility index (Phi) is 4.85. The Labute approximate surface area is 132 Å². The number of amides is 1. The Morgan fingerprint density at radius 3 is 2.71 bits per heavy atom. The first-order valence-electron chi connectivity index (χ1n) is 6.44. The number of nitrogen functional groups attached to an aromatic ring is 1. The summed E-state index contributed by atoms with van der Waals surface area (Å²) in [4.78, 5) is 14.0. The molecule has 0 spiro atoms. The Bertz CT molecular complexity index is 658. The zero-order valence-electron chi connectivity index (χ0n) is 12.0. The minimum absolute atomic E-state index is 0.0722. The van der Waals surface area contributed by atoms with Gasteiger partial charge in [0.1, 0.15) is 5.75 Å². The molecule has 0 aromatic heterocycles. The molecule has 2 N–H and O–H groups in total. The number of nitrogens with zero attached hydrogens (tertiary/aromatic N) is 1. The van der Waals surface area contributed by atoms with E-state index in [9.17, 15) is 4.79 Å². The largest absolute Gasteiger partial charge is 0.497 e. The van der Waals surface area contributed by atoms with Crippen molar-refractivity contribution >= 4 is 27.5 Å². The third-order valence-electron chi connectivity index (χ3n) is 3.14. The van der Waals surface area contributed by atoms with E-state index < -0.39 is 0 Å². The van der Waals surface area contributed by atoms with E-state index in [-0.39, 0.29) is 5.91 Å². The molecule has 0 aliphatic rings.